The average Bonchev–Trinajstić information content (AvgIpc) is 2.79. The van der Waals surface area contributed by atoms with E-state index in [1.54, 1.807) is 6.07 Å². The van der Waals surface area contributed by atoms with Gasteiger partial charge in [-0.1, -0.05) is 19.8 Å². The van der Waals surface area contributed by atoms with Crippen molar-refractivity contribution >= 4 is 0 Å². The number of halogens is 1. The van der Waals surface area contributed by atoms with Crippen LogP contribution in [0.2, 0.25) is 0 Å². The Labute approximate surface area is 108 Å². The predicted octanol–water partition coefficient (Wildman–Crippen LogP) is 3.37. The molecule has 0 aromatic heterocycles. The molecule has 1 aromatic rings. The monoisotopic (exact) mass is 246 g/mol. The molecular weight excluding hydrogens is 227 g/mol. The summed E-state index contributed by atoms with van der Waals surface area (Å²) < 4.78 is 13.6. The minimum Gasteiger partial charge on any atom is -0.312 e. The van der Waals surface area contributed by atoms with Crippen molar-refractivity contribution in [3.05, 3.63) is 35.1 Å². The molecule has 0 saturated heterocycles. The van der Waals surface area contributed by atoms with Crippen LogP contribution in [0.4, 0.5) is 4.39 Å². The Hall–Kier alpha value is -1.40. The second-order valence-electron chi connectivity index (χ2n) is 5.54. The molecule has 1 aliphatic carbocycles. The minimum absolute atomic E-state index is 0.238. The van der Waals surface area contributed by atoms with Gasteiger partial charge < -0.3 is 5.32 Å². The van der Waals surface area contributed by atoms with Crippen LogP contribution < -0.4 is 5.32 Å². The third-order valence-corrected chi connectivity index (χ3v) is 3.85. The summed E-state index contributed by atoms with van der Waals surface area (Å²) in [6.07, 6.45) is 5.11. The molecule has 0 amide bonds. The van der Waals surface area contributed by atoms with Crippen LogP contribution in [0, 0.1) is 22.6 Å². The summed E-state index contributed by atoms with van der Waals surface area (Å²) in [5, 5.41) is 12.1. The van der Waals surface area contributed by atoms with E-state index in [-0.39, 0.29) is 5.82 Å². The summed E-state index contributed by atoms with van der Waals surface area (Å²) in [5.74, 6) is -0.238. The number of nitrogens with zero attached hydrogens (tertiary/aromatic N) is 1. The van der Waals surface area contributed by atoms with E-state index in [1.807, 2.05) is 6.07 Å². The van der Waals surface area contributed by atoms with Crippen LogP contribution in [0.3, 0.4) is 0 Å². The van der Waals surface area contributed by atoms with E-state index in [0.717, 1.165) is 6.54 Å². The molecule has 2 nitrogen and oxygen atoms in total. The van der Waals surface area contributed by atoms with Gasteiger partial charge in [-0.2, -0.15) is 5.26 Å². The van der Waals surface area contributed by atoms with E-state index in [1.165, 1.54) is 37.8 Å². The molecule has 0 heterocycles. The second-order valence-corrected chi connectivity index (χ2v) is 5.54. The Morgan fingerprint density at radius 1 is 1.39 bits per heavy atom. The first-order valence-corrected chi connectivity index (χ1v) is 6.52. The van der Waals surface area contributed by atoms with Gasteiger partial charge in [-0.05, 0) is 36.5 Å². The van der Waals surface area contributed by atoms with E-state index >= 15 is 0 Å². The fourth-order valence-corrected chi connectivity index (χ4v) is 2.68. The maximum absolute atomic E-state index is 13.6. The van der Waals surface area contributed by atoms with Crippen molar-refractivity contribution in [1.29, 1.82) is 5.26 Å². The van der Waals surface area contributed by atoms with Gasteiger partial charge in [0.25, 0.3) is 0 Å². The summed E-state index contributed by atoms with van der Waals surface area (Å²) in [6.45, 7) is 3.70. The van der Waals surface area contributed by atoms with Gasteiger partial charge in [-0.3, -0.25) is 0 Å². The molecule has 1 fully saturated rings. The zero-order valence-corrected chi connectivity index (χ0v) is 10.8. The van der Waals surface area contributed by atoms with Crippen molar-refractivity contribution in [2.24, 2.45) is 5.41 Å². The molecule has 0 atom stereocenters. The summed E-state index contributed by atoms with van der Waals surface area (Å²) in [5.41, 5.74) is 1.46. The van der Waals surface area contributed by atoms with Crippen LogP contribution in [-0.4, -0.2) is 6.54 Å². The van der Waals surface area contributed by atoms with Gasteiger partial charge in [-0.15, -0.1) is 0 Å². The van der Waals surface area contributed by atoms with Crippen LogP contribution in [-0.2, 0) is 6.54 Å². The topological polar surface area (TPSA) is 35.8 Å². The molecule has 0 unspecified atom stereocenters. The Kier molecular flexibility index (Phi) is 3.98. The highest BCUT2D eigenvalue weighted by Crippen LogP contribution is 2.36. The molecule has 96 valence electrons. The van der Waals surface area contributed by atoms with E-state index in [4.69, 9.17) is 5.26 Å². The number of benzene rings is 1. The fourth-order valence-electron chi connectivity index (χ4n) is 2.68. The highest BCUT2D eigenvalue weighted by atomic mass is 19.1. The Balaban J connectivity index is 1.92. The highest BCUT2D eigenvalue weighted by molar-refractivity contribution is 5.33. The second kappa shape index (κ2) is 5.49. The summed E-state index contributed by atoms with van der Waals surface area (Å²) in [4.78, 5) is 0. The molecule has 0 spiro atoms. The molecule has 1 aliphatic rings. The zero-order chi connectivity index (χ0) is 13.0. The van der Waals surface area contributed by atoms with Gasteiger partial charge in [-0.25, -0.2) is 4.39 Å². The Bertz CT molecular complexity index is 456. The lowest BCUT2D eigenvalue weighted by Gasteiger charge is -2.23. The van der Waals surface area contributed by atoms with E-state index in [0.29, 0.717) is 23.1 Å². The van der Waals surface area contributed by atoms with E-state index < -0.39 is 0 Å². The Morgan fingerprint density at radius 2 is 2.11 bits per heavy atom. The lowest BCUT2D eigenvalue weighted by Crippen LogP contribution is -2.29. The van der Waals surface area contributed by atoms with E-state index in [2.05, 4.69) is 12.2 Å². The number of rotatable bonds is 4. The third-order valence-electron chi connectivity index (χ3n) is 3.85. The third kappa shape index (κ3) is 3.08. The summed E-state index contributed by atoms with van der Waals surface area (Å²) >= 11 is 0. The van der Waals surface area contributed by atoms with Crippen LogP contribution in [0.5, 0.6) is 0 Å². The Morgan fingerprint density at radius 3 is 2.78 bits per heavy atom. The van der Waals surface area contributed by atoms with Crippen molar-refractivity contribution < 1.29 is 4.39 Å². The molecule has 18 heavy (non-hydrogen) atoms. The minimum atomic E-state index is -0.238. The highest BCUT2D eigenvalue weighted by Gasteiger charge is 2.27. The van der Waals surface area contributed by atoms with Crippen LogP contribution in [0.15, 0.2) is 18.2 Å². The first-order chi connectivity index (χ1) is 8.63. The maximum Gasteiger partial charge on any atom is 0.127 e. The smallest absolute Gasteiger partial charge is 0.127 e. The lowest BCUT2D eigenvalue weighted by molar-refractivity contribution is 0.314. The number of nitriles is 1. The molecule has 3 heteroatoms. The van der Waals surface area contributed by atoms with E-state index in [9.17, 15) is 4.39 Å². The summed E-state index contributed by atoms with van der Waals surface area (Å²) in [6, 6.07) is 6.54. The molecular formula is C15H19FN2. The molecule has 1 saturated carbocycles. The van der Waals surface area contributed by atoms with Gasteiger partial charge in [0, 0.05) is 18.7 Å². The van der Waals surface area contributed by atoms with Crippen LogP contribution >= 0.6 is 0 Å². The standard InChI is InChI=1S/C15H19FN2/c1-15(6-2-3-7-15)11-18-10-13-8-12(9-17)4-5-14(13)16/h4-5,8,18H,2-3,6-7,10-11H2,1H3. The van der Waals surface area contributed by atoms with Crippen molar-refractivity contribution in [3.63, 3.8) is 0 Å². The largest absolute Gasteiger partial charge is 0.312 e. The van der Waals surface area contributed by atoms with Crippen molar-refractivity contribution in [2.75, 3.05) is 6.54 Å². The van der Waals surface area contributed by atoms with Gasteiger partial charge >= 0.3 is 0 Å². The first-order valence-electron chi connectivity index (χ1n) is 6.52. The predicted molar refractivity (Wildman–Crippen MR) is 69.4 cm³/mol. The quantitative estimate of drug-likeness (QED) is 0.884. The molecule has 0 bridgehead atoms. The molecule has 0 aliphatic heterocycles. The zero-order valence-electron chi connectivity index (χ0n) is 10.8. The lowest BCUT2D eigenvalue weighted by atomic mass is 9.89. The fraction of sp³-hybridized carbons (Fsp3) is 0.533. The van der Waals surface area contributed by atoms with Crippen LogP contribution in [0.25, 0.3) is 0 Å². The van der Waals surface area contributed by atoms with Gasteiger partial charge in [0.2, 0.25) is 0 Å². The molecule has 2 rings (SSSR count). The van der Waals surface area contributed by atoms with Crippen molar-refractivity contribution in [1.82, 2.24) is 5.32 Å². The molecule has 0 radical (unpaired) electrons. The average molecular weight is 246 g/mol. The number of nitrogens with one attached hydrogen (secondary N) is 1. The molecule has 1 aromatic carbocycles. The summed E-state index contributed by atoms with van der Waals surface area (Å²) in [7, 11) is 0. The number of hydrogen-bond acceptors (Lipinski definition) is 2. The van der Waals surface area contributed by atoms with Crippen molar-refractivity contribution in [3.8, 4) is 6.07 Å². The maximum atomic E-state index is 13.6. The SMILES string of the molecule is CC1(CNCc2cc(C#N)ccc2F)CCCC1. The van der Waals surface area contributed by atoms with Crippen molar-refractivity contribution in [2.45, 2.75) is 39.2 Å². The van der Waals surface area contributed by atoms with Gasteiger partial charge in [0.1, 0.15) is 5.82 Å². The molecule has 1 N–H and O–H groups in total. The first kappa shape index (κ1) is 13.0. The van der Waals surface area contributed by atoms with Crippen LogP contribution in [0.1, 0.15) is 43.7 Å². The normalized spacial score (nSPS) is 17.6. The number of hydrogen-bond donors (Lipinski definition) is 1. The van der Waals surface area contributed by atoms with Gasteiger partial charge in [0.05, 0.1) is 11.6 Å². The van der Waals surface area contributed by atoms with Gasteiger partial charge in [0.15, 0.2) is 0 Å².